The second-order valence-electron chi connectivity index (χ2n) is 6.66. The third-order valence-corrected chi connectivity index (χ3v) is 9.17. The molecule has 18 heavy (non-hydrogen) atoms. The smallest absolute Gasteiger partial charge is 0.264 e. The van der Waals surface area contributed by atoms with E-state index in [9.17, 15) is 8.42 Å². The first-order chi connectivity index (χ1) is 8.11. The molecule has 1 aliphatic carbocycles. The molecule has 3 nitrogen and oxygen atoms in total. The van der Waals surface area contributed by atoms with Crippen LogP contribution in [-0.2, 0) is 14.3 Å². The highest BCUT2D eigenvalue weighted by Gasteiger charge is 2.60. The standard InChI is InChI=1S/C13H28O3SSi/c1-6-7-8-9-10-18(4,5)12-11-13(12,2)16-17(3,14)15/h12H,6-11H2,1-5H3. The van der Waals surface area contributed by atoms with E-state index in [1.165, 1.54) is 31.7 Å². The maximum Gasteiger partial charge on any atom is 0.264 e. The first kappa shape index (κ1) is 16.2. The highest BCUT2D eigenvalue weighted by Crippen LogP contribution is 2.59. The van der Waals surface area contributed by atoms with Gasteiger partial charge in [0.15, 0.2) is 0 Å². The van der Waals surface area contributed by atoms with E-state index in [0.717, 1.165) is 12.7 Å². The van der Waals surface area contributed by atoms with Crippen LogP contribution in [0.5, 0.6) is 0 Å². The Bertz CT molecular complexity index is 378. The van der Waals surface area contributed by atoms with Gasteiger partial charge in [-0.25, -0.2) is 0 Å². The molecule has 1 rings (SSSR count). The summed E-state index contributed by atoms with van der Waals surface area (Å²) in [5.41, 5.74) is 0.106. The van der Waals surface area contributed by atoms with Gasteiger partial charge < -0.3 is 0 Å². The predicted molar refractivity (Wildman–Crippen MR) is 79.1 cm³/mol. The minimum atomic E-state index is -3.32. The lowest BCUT2D eigenvalue weighted by molar-refractivity contribution is 0.210. The van der Waals surface area contributed by atoms with Crippen LogP contribution in [0.2, 0.25) is 24.7 Å². The Kier molecular flexibility index (Phi) is 5.06. The van der Waals surface area contributed by atoms with Crippen molar-refractivity contribution in [1.29, 1.82) is 0 Å². The van der Waals surface area contributed by atoms with Gasteiger partial charge in [-0.2, -0.15) is 8.42 Å². The van der Waals surface area contributed by atoms with Crippen LogP contribution in [0.15, 0.2) is 0 Å². The van der Waals surface area contributed by atoms with Gasteiger partial charge >= 0.3 is 0 Å². The molecule has 0 spiro atoms. The zero-order chi connectivity index (χ0) is 14.0. The van der Waals surface area contributed by atoms with E-state index in [1.807, 2.05) is 6.92 Å². The maximum atomic E-state index is 11.3. The van der Waals surface area contributed by atoms with Crippen molar-refractivity contribution >= 4 is 18.2 Å². The van der Waals surface area contributed by atoms with Gasteiger partial charge in [-0.1, -0.05) is 51.7 Å². The van der Waals surface area contributed by atoms with Crippen molar-refractivity contribution < 1.29 is 12.6 Å². The average molecular weight is 293 g/mol. The van der Waals surface area contributed by atoms with E-state index in [1.54, 1.807) is 0 Å². The van der Waals surface area contributed by atoms with Gasteiger partial charge in [-0.15, -0.1) is 0 Å². The molecule has 0 bridgehead atoms. The van der Waals surface area contributed by atoms with E-state index >= 15 is 0 Å². The first-order valence-corrected chi connectivity index (χ1v) is 12.1. The molecule has 0 amide bonds. The van der Waals surface area contributed by atoms with Gasteiger partial charge in [0.05, 0.1) is 19.9 Å². The zero-order valence-corrected chi connectivity index (χ0v) is 14.3. The van der Waals surface area contributed by atoms with Crippen LogP contribution in [0.25, 0.3) is 0 Å². The van der Waals surface area contributed by atoms with Crippen LogP contribution >= 0.6 is 0 Å². The quantitative estimate of drug-likeness (QED) is 0.388. The minimum absolute atomic E-state index is 0.395. The van der Waals surface area contributed by atoms with E-state index < -0.39 is 23.8 Å². The fourth-order valence-corrected chi connectivity index (χ4v) is 8.21. The topological polar surface area (TPSA) is 43.4 Å². The lowest BCUT2D eigenvalue weighted by Gasteiger charge is -2.25. The maximum absolute atomic E-state index is 11.3. The summed E-state index contributed by atoms with van der Waals surface area (Å²) >= 11 is 0. The monoisotopic (exact) mass is 292 g/mol. The summed E-state index contributed by atoms with van der Waals surface area (Å²) in [5, 5.41) is 0. The van der Waals surface area contributed by atoms with Gasteiger partial charge in [0.1, 0.15) is 0 Å². The summed E-state index contributed by atoms with van der Waals surface area (Å²) in [4.78, 5) is 0. The fourth-order valence-electron chi connectivity index (χ4n) is 3.07. The molecule has 108 valence electrons. The first-order valence-electron chi connectivity index (χ1n) is 7.01. The van der Waals surface area contributed by atoms with Crippen molar-refractivity contribution in [2.24, 2.45) is 0 Å². The largest absolute Gasteiger partial charge is 0.264 e. The van der Waals surface area contributed by atoms with Gasteiger partial charge in [0.2, 0.25) is 0 Å². The summed E-state index contributed by atoms with van der Waals surface area (Å²) in [6, 6.07) is 1.29. The molecule has 1 aliphatic rings. The predicted octanol–water partition coefficient (Wildman–Crippen LogP) is 3.78. The number of hydrogen-bond donors (Lipinski definition) is 0. The second-order valence-corrected chi connectivity index (χ2v) is 13.4. The molecule has 0 N–H and O–H groups in total. The number of unbranched alkanes of at least 4 members (excludes halogenated alkanes) is 3. The van der Waals surface area contributed by atoms with Crippen molar-refractivity contribution in [1.82, 2.24) is 0 Å². The average Bonchev–Trinajstić information content (AvgIpc) is 2.83. The Morgan fingerprint density at radius 3 is 2.39 bits per heavy atom. The van der Waals surface area contributed by atoms with Crippen molar-refractivity contribution in [3.05, 3.63) is 0 Å². The molecule has 0 aromatic carbocycles. The molecular weight excluding hydrogens is 264 g/mol. The Balaban J connectivity index is 2.46. The zero-order valence-electron chi connectivity index (χ0n) is 12.5. The van der Waals surface area contributed by atoms with Crippen molar-refractivity contribution in [2.45, 2.75) is 76.2 Å². The van der Waals surface area contributed by atoms with Crippen LogP contribution < -0.4 is 0 Å². The SMILES string of the molecule is CCCCCC[Si](C)(C)C1CC1(C)OS(C)(=O)=O. The second kappa shape index (κ2) is 5.63. The molecule has 1 fully saturated rings. The van der Waals surface area contributed by atoms with Crippen LogP contribution in [0.4, 0.5) is 0 Å². The Morgan fingerprint density at radius 1 is 1.28 bits per heavy atom. The fraction of sp³-hybridized carbons (Fsp3) is 1.00. The van der Waals surface area contributed by atoms with Crippen molar-refractivity contribution in [2.75, 3.05) is 6.26 Å². The summed E-state index contributed by atoms with van der Waals surface area (Å²) in [6.45, 7) is 8.93. The molecular formula is C13H28O3SSi. The van der Waals surface area contributed by atoms with E-state index in [2.05, 4.69) is 20.0 Å². The lowest BCUT2D eigenvalue weighted by Crippen LogP contribution is -2.31. The number of rotatable bonds is 8. The molecule has 0 aliphatic heterocycles. The Labute approximate surface area is 113 Å². The Morgan fingerprint density at radius 2 is 1.89 bits per heavy atom. The van der Waals surface area contributed by atoms with Crippen LogP contribution in [-0.4, -0.2) is 28.3 Å². The molecule has 0 aromatic heterocycles. The summed E-state index contributed by atoms with van der Waals surface area (Å²) < 4.78 is 27.8. The summed E-state index contributed by atoms with van der Waals surface area (Å²) in [7, 11) is -4.66. The third-order valence-electron chi connectivity index (χ3n) is 4.15. The van der Waals surface area contributed by atoms with E-state index in [0.29, 0.717) is 5.54 Å². The molecule has 0 saturated heterocycles. The number of hydrogen-bond acceptors (Lipinski definition) is 3. The Hall–Kier alpha value is 0.127. The van der Waals surface area contributed by atoms with Crippen molar-refractivity contribution in [3.63, 3.8) is 0 Å². The normalized spacial score (nSPS) is 28.4. The molecule has 1 saturated carbocycles. The van der Waals surface area contributed by atoms with E-state index in [4.69, 9.17) is 4.18 Å². The summed E-state index contributed by atoms with van der Waals surface area (Å²) in [5.74, 6) is 0. The molecule has 2 unspecified atom stereocenters. The molecule has 5 heteroatoms. The minimum Gasteiger partial charge on any atom is -0.264 e. The van der Waals surface area contributed by atoms with E-state index in [-0.39, 0.29) is 0 Å². The molecule has 0 heterocycles. The third kappa shape index (κ3) is 4.66. The molecule has 0 aromatic rings. The highest BCUT2D eigenvalue weighted by atomic mass is 32.2. The van der Waals surface area contributed by atoms with Gasteiger partial charge in [0, 0.05) is 0 Å². The lowest BCUT2D eigenvalue weighted by atomic mass is 10.2. The van der Waals surface area contributed by atoms with Crippen molar-refractivity contribution in [3.8, 4) is 0 Å². The molecule has 0 radical (unpaired) electrons. The summed E-state index contributed by atoms with van der Waals surface area (Å²) in [6.07, 6.45) is 7.25. The van der Waals surface area contributed by atoms with Gasteiger partial charge in [0.25, 0.3) is 10.1 Å². The highest BCUT2D eigenvalue weighted by molar-refractivity contribution is 7.86. The van der Waals surface area contributed by atoms with Crippen LogP contribution in [0.3, 0.4) is 0 Å². The van der Waals surface area contributed by atoms with Crippen LogP contribution in [0.1, 0.15) is 46.0 Å². The van der Waals surface area contributed by atoms with Crippen LogP contribution in [0, 0.1) is 0 Å². The van der Waals surface area contributed by atoms with Gasteiger partial charge in [-0.05, 0) is 18.9 Å². The van der Waals surface area contributed by atoms with Gasteiger partial charge in [-0.3, -0.25) is 4.18 Å². The molecule has 2 atom stereocenters.